The van der Waals surface area contributed by atoms with Crippen LogP contribution in [0.1, 0.15) is 31.1 Å². The molecule has 0 radical (unpaired) electrons. The van der Waals surface area contributed by atoms with Gasteiger partial charge in [-0.3, -0.25) is 0 Å². The molecular weight excluding hydrogens is 500 g/mol. The van der Waals surface area contributed by atoms with Crippen molar-refractivity contribution in [1.29, 1.82) is 0 Å². The number of rotatable bonds is 8. The minimum Gasteiger partial charge on any atom is -0.459 e. The summed E-state index contributed by atoms with van der Waals surface area (Å²) in [4.78, 5) is 38.2. The van der Waals surface area contributed by atoms with E-state index >= 15 is 0 Å². The van der Waals surface area contributed by atoms with Gasteiger partial charge in [-0.15, -0.1) is 11.6 Å². The molecule has 0 aromatic heterocycles. The molecular formula is C28H25ClO8. The second kappa shape index (κ2) is 12.5. The molecule has 1 aliphatic rings. The van der Waals surface area contributed by atoms with E-state index in [1.165, 1.54) is 7.11 Å². The molecule has 9 heteroatoms. The zero-order chi connectivity index (χ0) is 26.2. The highest BCUT2D eigenvalue weighted by Gasteiger charge is 2.50. The van der Waals surface area contributed by atoms with Crippen LogP contribution >= 0.6 is 11.6 Å². The summed E-state index contributed by atoms with van der Waals surface area (Å²) < 4.78 is 28.2. The Balaban J connectivity index is 1.55. The number of ether oxygens (including phenoxy) is 5. The van der Waals surface area contributed by atoms with Crippen molar-refractivity contribution in [2.75, 3.05) is 13.7 Å². The van der Waals surface area contributed by atoms with Crippen LogP contribution in [0.15, 0.2) is 91.0 Å². The van der Waals surface area contributed by atoms with Gasteiger partial charge in [0.05, 0.1) is 16.7 Å². The monoisotopic (exact) mass is 524 g/mol. The fourth-order valence-electron chi connectivity index (χ4n) is 3.80. The minimum atomic E-state index is -1.20. The lowest BCUT2D eigenvalue weighted by atomic mass is 10.0. The quantitative estimate of drug-likeness (QED) is 0.245. The van der Waals surface area contributed by atoms with Crippen LogP contribution in [0.2, 0.25) is 0 Å². The number of methoxy groups -OCH3 is 1. The first-order chi connectivity index (χ1) is 18.0. The summed E-state index contributed by atoms with van der Waals surface area (Å²) in [7, 11) is 1.35. The maximum Gasteiger partial charge on any atom is 0.338 e. The van der Waals surface area contributed by atoms with Crippen LogP contribution in [0, 0.1) is 0 Å². The Labute approximate surface area is 219 Å². The van der Waals surface area contributed by atoms with Gasteiger partial charge in [0.1, 0.15) is 18.1 Å². The fourth-order valence-corrected chi connectivity index (χ4v) is 4.12. The van der Waals surface area contributed by atoms with Crippen LogP contribution in [0.4, 0.5) is 0 Å². The molecule has 1 heterocycles. The van der Waals surface area contributed by atoms with Gasteiger partial charge in [0.15, 0.2) is 18.5 Å². The van der Waals surface area contributed by atoms with E-state index < -0.39 is 47.9 Å². The Hall–Kier alpha value is -3.72. The van der Waals surface area contributed by atoms with Crippen LogP contribution in [-0.4, -0.2) is 61.6 Å². The molecule has 1 unspecified atom stereocenters. The molecule has 1 saturated heterocycles. The summed E-state index contributed by atoms with van der Waals surface area (Å²) in [5.41, 5.74) is 0.928. The third kappa shape index (κ3) is 6.54. The predicted molar refractivity (Wildman–Crippen MR) is 133 cm³/mol. The number of benzene rings is 3. The van der Waals surface area contributed by atoms with E-state index in [2.05, 4.69) is 0 Å². The Bertz CT molecular complexity index is 1190. The van der Waals surface area contributed by atoms with Gasteiger partial charge in [-0.2, -0.15) is 0 Å². The van der Waals surface area contributed by atoms with Crippen LogP contribution in [-0.2, 0) is 23.7 Å². The number of hydrogen-bond donors (Lipinski definition) is 0. The van der Waals surface area contributed by atoms with Crippen molar-refractivity contribution >= 4 is 29.5 Å². The Morgan fingerprint density at radius 3 is 1.59 bits per heavy atom. The second-order valence-electron chi connectivity index (χ2n) is 8.16. The third-order valence-electron chi connectivity index (χ3n) is 5.70. The van der Waals surface area contributed by atoms with Crippen LogP contribution in [0.3, 0.4) is 0 Å². The molecule has 3 aromatic rings. The highest BCUT2D eigenvalue weighted by Crippen LogP contribution is 2.31. The van der Waals surface area contributed by atoms with Gasteiger partial charge in [0.25, 0.3) is 0 Å². The van der Waals surface area contributed by atoms with E-state index in [4.69, 9.17) is 35.3 Å². The van der Waals surface area contributed by atoms with Crippen molar-refractivity contribution in [3.63, 3.8) is 0 Å². The first-order valence-corrected chi connectivity index (χ1v) is 12.0. The van der Waals surface area contributed by atoms with Crippen molar-refractivity contribution in [1.82, 2.24) is 0 Å². The zero-order valence-electron chi connectivity index (χ0n) is 19.9. The zero-order valence-corrected chi connectivity index (χ0v) is 20.7. The number of carbonyl (C=O) groups excluding carboxylic acids is 3. The van der Waals surface area contributed by atoms with E-state index in [9.17, 15) is 14.4 Å². The molecule has 0 aliphatic carbocycles. The normalized spacial score (nSPS) is 23.0. The van der Waals surface area contributed by atoms with Gasteiger partial charge < -0.3 is 23.7 Å². The SMILES string of the molecule is CO[C@H]1OC(COC(=O)c2ccccc2)[C@@H](Cl)[C@H](OC(=O)c2ccccc2)[C@@H]1OC(=O)c1ccccc1. The molecule has 0 spiro atoms. The standard InChI is InChI=1S/C28H25ClO8/c1-33-28-24(37-27(32)20-15-9-4-10-16-20)23(36-26(31)19-13-7-3-8-14-19)22(29)21(35-28)17-34-25(30)18-11-5-2-6-12-18/h2-16,21-24,28H,17H2,1H3/t21?,22-,23+,24+,28+/m1/s1. The maximum absolute atomic E-state index is 12.9. The maximum atomic E-state index is 12.9. The minimum absolute atomic E-state index is 0.250. The van der Waals surface area contributed by atoms with Crippen molar-refractivity contribution in [2.45, 2.75) is 30.0 Å². The first kappa shape index (κ1) is 26.3. The summed E-state index contributed by atoms with van der Waals surface area (Å²) in [6, 6.07) is 25.1. The number of esters is 3. The highest BCUT2D eigenvalue weighted by atomic mass is 35.5. The van der Waals surface area contributed by atoms with E-state index in [1.54, 1.807) is 91.0 Å². The number of carbonyl (C=O) groups is 3. The molecule has 37 heavy (non-hydrogen) atoms. The van der Waals surface area contributed by atoms with E-state index in [1.807, 2.05) is 0 Å². The summed E-state index contributed by atoms with van der Waals surface area (Å²) in [5, 5.41) is -1.05. The van der Waals surface area contributed by atoms with Crippen molar-refractivity contribution in [3.05, 3.63) is 108 Å². The predicted octanol–water partition coefficient (Wildman–Crippen LogP) is 4.27. The van der Waals surface area contributed by atoms with Gasteiger partial charge in [0, 0.05) is 7.11 Å². The average molecular weight is 525 g/mol. The molecule has 0 N–H and O–H groups in total. The van der Waals surface area contributed by atoms with Crippen LogP contribution < -0.4 is 0 Å². The Kier molecular flexibility index (Phi) is 8.90. The molecule has 192 valence electrons. The number of alkyl halides is 1. The molecule has 1 aliphatic heterocycles. The molecule has 4 rings (SSSR count). The lowest BCUT2D eigenvalue weighted by molar-refractivity contribution is -0.259. The topological polar surface area (TPSA) is 97.4 Å². The molecule has 0 bridgehead atoms. The number of halogens is 1. The van der Waals surface area contributed by atoms with Crippen molar-refractivity contribution in [3.8, 4) is 0 Å². The summed E-state index contributed by atoms with van der Waals surface area (Å²) >= 11 is 6.72. The fraction of sp³-hybridized carbons (Fsp3) is 0.250. The summed E-state index contributed by atoms with van der Waals surface area (Å²) in [5.74, 6) is -1.92. The summed E-state index contributed by atoms with van der Waals surface area (Å²) in [6.07, 6.45) is -4.47. The first-order valence-electron chi connectivity index (χ1n) is 11.5. The van der Waals surface area contributed by atoms with E-state index in [0.717, 1.165) is 0 Å². The Morgan fingerprint density at radius 2 is 1.14 bits per heavy atom. The van der Waals surface area contributed by atoms with E-state index in [0.29, 0.717) is 5.56 Å². The smallest absolute Gasteiger partial charge is 0.338 e. The van der Waals surface area contributed by atoms with E-state index in [-0.39, 0.29) is 17.7 Å². The van der Waals surface area contributed by atoms with Gasteiger partial charge in [-0.1, -0.05) is 54.6 Å². The molecule has 0 amide bonds. The Morgan fingerprint density at radius 1 is 0.703 bits per heavy atom. The second-order valence-corrected chi connectivity index (χ2v) is 8.66. The molecule has 8 nitrogen and oxygen atoms in total. The van der Waals surface area contributed by atoms with Crippen molar-refractivity contribution < 1.29 is 38.1 Å². The average Bonchev–Trinajstić information content (AvgIpc) is 2.95. The van der Waals surface area contributed by atoms with Gasteiger partial charge >= 0.3 is 17.9 Å². The molecule has 1 fully saturated rings. The highest BCUT2D eigenvalue weighted by molar-refractivity contribution is 6.21. The van der Waals surface area contributed by atoms with Gasteiger partial charge in [-0.05, 0) is 36.4 Å². The third-order valence-corrected chi connectivity index (χ3v) is 6.23. The molecule has 5 atom stereocenters. The lowest BCUT2D eigenvalue weighted by Gasteiger charge is -2.42. The van der Waals surface area contributed by atoms with Gasteiger partial charge in [-0.25, -0.2) is 14.4 Å². The lowest BCUT2D eigenvalue weighted by Crippen LogP contribution is -2.60. The summed E-state index contributed by atoms with van der Waals surface area (Å²) in [6.45, 7) is -0.250. The van der Waals surface area contributed by atoms with Crippen LogP contribution in [0.25, 0.3) is 0 Å². The van der Waals surface area contributed by atoms with Gasteiger partial charge in [0.2, 0.25) is 0 Å². The number of hydrogen-bond acceptors (Lipinski definition) is 8. The van der Waals surface area contributed by atoms with Crippen molar-refractivity contribution in [2.24, 2.45) is 0 Å². The van der Waals surface area contributed by atoms with Crippen LogP contribution in [0.5, 0.6) is 0 Å². The molecule has 3 aromatic carbocycles. The largest absolute Gasteiger partial charge is 0.459 e. The molecule has 0 saturated carbocycles.